The van der Waals surface area contributed by atoms with Gasteiger partial charge in [0.2, 0.25) is 5.91 Å². The average molecular weight is 294 g/mol. The van der Waals surface area contributed by atoms with E-state index in [1.54, 1.807) is 11.3 Å². The van der Waals surface area contributed by atoms with Crippen molar-refractivity contribution in [3.8, 4) is 0 Å². The Balaban J connectivity index is 1.76. The van der Waals surface area contributed by atoms with E-state index in [-0.39, 0.29) is 17.5 Å². The fourth-order valence-corrected chi connectivity index (χ4v) is 3.97. The van der Waals surface area contributed by atoms with Gasteiger partial charge in [-0.3, -0.25) is 10.1 Å². The maximum atomic E-state index is 12.2. The number of hydrogen-bond acceptors (Lipinski definition) is 4. The summed E-state index contributed by atoms with van der Waals surface area (Å²) in [5.41, 5.74) is 0.185. The number of rotatable bonds is 3. The second-order valence-corrected chi connectivity index (χ2v) is 7.50. The molecule has 110 valence electrons. The molecule has 0 spiro atoms. The molecule has 3 heterocycles. The van der Waals surface area contributed by atoms with Gasteiger partial charge in [-0.25, -0.2) is 0 Å². The fourth-order valence-electron chi connectivity index (χ4n) is 3.01. The van der Waals surface area contributed by atoms with E-state index in [0.717, 1.165) is 32.6 Å². The summed E-state index contributed by atoms with van der Waals surface area (Å²) >= 11 is 1.77. The first-order valence-electron chi connectivity index (χ1n) is 7.24. The van der Waals surface area contributed by atoms with Gasteiger partial charge in [-0.15, -0.1) is 11.3 Å². The second kappa shape index (κ2) is 5.47. The van der Waals surface area contributed by atoms with E-state index in [4.69, 9.17) is 4.74 Å². The molecule has 0 bridgehead atoms. The molecule has 3 rings (SSSR count). The Hall–Kier alpha value is -0.910. The van der Waals surface area contributed by atoms with Crippen LogP contribution in [-0.2, 0) is 9.53 Å². The van der Waals surface area contributed by atoms with Crippen molar-refractivity contribution >= 4 is 17.2 Å². The lowest BCUT2D eigenvalue weighted by Crippen LogP contribution is -2.42. The molecule has 5 heteroatoms. The average Bonchev–Trinajstić information content (AvgIpc) is 2.98. The third kappa shape index (κ3) is 2.75. The summed E-state index contributed by atoms with van der Waals surface area (Å²) in [6.45, 7) is 7.29. The van der Waals surface area contributed by atoms with Gasteiger partial charge in [-0.05, 0) is 37.3 Å². The number of nitrogens with one attached hydrogen (secondary N) is 1. The number of thiophene rings is 1. The minimum absolute atomic E-state index is 0.0564. The second-order valence-electron chi connectivity index (χ2n) is 6.18. The van der Waals surface area contributed by atoms with Crippen LogP contribution in [0.1, 0.15) is 35.7 Å². The highest BCUT2D eigenvalue weighted by atomic mass is 32.1. The summed E-state index contributed by atoms with van der Waals surface area (Å²) in [6.07, 6.45) is 2.13. The molecule has 1 amide bonds. The minimum atomic E-state index is 0.0564. The van der Waals surface area contributed by atoms with Crippen LogP contribution in [0.3, 0.4) is 0 Å². The van der Waals surface area contributed by atoms with Crippen LogP contribution in [0.2, 0.25) is 0 Å². The molecular formula is C15H22N2O2S. The van der Waals surface area contributed by atoms with Crippen LogP contribution >= 0.6 is 11.3 Å². The van der Waals surface area contributed by atoms with E-state index >= 15 is 0 Å². The van der Waals surface area contributed by atoms with Crippen LogP contribution in [0.25, 0.3) is 0 Å². The van der Waals surface area contributed by atoms with Crippen molar-refractivity contribution in [2.24, 2.45) is 5.41 Å². The van der Waals surface area contributed by atoms with Crippen LogP contribution < -0.4 is 5.32 Å². The van der Waals surface area contributed by atoms with Gasteiger partial charge in [-0.2, -0.15) is 0 Å². The van der Waals surface area contributed by atoms with Crippen molar-refractivity contribution in [2.75, 3.05) is 26.3 Å². The van der Waals surface area contributed by atoms with E-state index in [1.807, 2.05) is 4.90 Å². The predicted molar refractivity (Wildman–Crippen MR) is 79.7 cm³/mol. The third-order valence-corrected chi connectivity index (χ3v) is 5.41. The van der Waals surface area contributed by atoms with E-state index in [9.17, 15) is 4.79 Å². The van der Waals surface area contributed by atoms with Gasteiger partial charge in [0.25, 0.3) is 0 Å². The Bertz CT molecular complexity index is 494. The maximum absolute atomic E-state index is 12.2. The summed E-state index contributed by atoms with van der Waals surface area (Å²) in [4.78, 5) is 16.8. The molecule has 1 unspecified atom stereocenters. The van der Waals surface area contributed by atoms with Crippen molar-refractivity contribution in [2.45, 2.75) is 32.9 Å². The molecule has 0 aliphatic carbocycles. The lowest BCUT2D eigenvalue weighted by atomic mass is 9.82. The van der Waals surface area contributed by atoms with Gasteiger partial charge in [0, 0.05) is 29.5 Å². The van der Waals surface area contributed by atoms with Crippen molar-refractivity contribution in [1.29, 1.82) is 0 Å². The standard InChI is InChI=1S/C15H22N2O2S/c1-11-3-4-12(20-11)14-16-9-13(18)17(14)10-15(2)5-7-19-8-6-15/h3-4,14,16H,5-10H2,1-2H3. The summed E-state index contributed by atoms with van der Waals surface area (Å²) in [5.74, 6) is 0.216. The molecule has 2 saturated heterocycles. The summed E-state index contributed by atoms with van der Waals surface area (Å²) < 4.78 is 5.45. The lowest BCUT2D eigenvalue weighted by molar-refractivity contribution is -0.130. The molecule has 1 atom stereocenters. The number of ether oxygens (including phenoxy) is 1. The van der Waals surface area contributed by atoms with Crippen molar-refractivity contribution in [1.82, 2.24) is 10.2 Å². The molecule has 2 fully saturated rings. The molecule has 20 heavy (non-hydrogen) atoms. The smallest absolute Gasteiger partial charge is 0.238 e. The third-order valence-electron chi connectivity index (χ3n) is 4.36. The molecule has 2 aliphatic rings. The molecule has 1 aromatic heterocycles. The lowest BCUT2D eigenvalue weighted by Gasteiger charge is -2.38. The Morgan fingerprint density at radius 1 is 1.45 bits per heavy atom. The summed E-state index contributed by atoms with van der Waals surface area (Å²) in [5, 5.41) is 3.35. The van der Waals surface area contributed by atoms with Gasteiger partial charge in [-0.1, -0.05) is 6.92 Å². The fraction of sp³-hybridized carbons (Fsp3) is 0.667. The first kappa shape index (κ1) is 14.0. The number of nitrogens with zero attached hydrogens (tertiary/aromatic N) is 1. The number of carbonyl (C=O) groups excluding carboxylic acids is 1. The highest BCUT2D eigenvalue weighted by molar-refractivity contribution is 7.12. The van der Waals surface area contributed by atoms with Gasteiger partial charge >= 0.3 is 0 Å². The minimum Gasteiger partial charge on any atom is -0.381 e. The van der Waals surface area contributed by atoms with Crippen LogP contribution in [-0.4, -0.2) is 37.1 Å². The highest BCUT2D eigenvalue weighted by Crippen LogP contribution is 2.35. The number of aryl methyl sites for hydroxylation is 1. The molecular weight excluding hydrogens is 272 g/mol. The SMILES string of the molecule is Cc1ccc(C2NCC(=O)N2CC2(C)CCOCC2)s1. The van der Waals surface area contributed by atoms with Crippen molar-refractivity contribution in [3.05, 3.63) is 21.9 Å². The highest BCUT2D eigenvalue weighted by Gasteiger charge is 2.38. The van der Waals surface area contributed by atoms with Crippen LogP contribution in [0.5, 0.6) is 0 Å². The Morgan fingerprint density at radius 2 is 2.20 bits per heavy atom. The molecule has 2 aliphatic heterocycles. The summed E-state index contributed by atoms with van der Waals surface area (Å²) in [6, 6.07) is 4.26. The number of carbonyl (C=O) groups is 1. The maximum Gasteiger partial charge on any atom is 0.238 e. The normalized spacial score (nSPS) is 26.2. The Morgan fingerprint density at radius 3 is 2.85 bits per heavy atom. The van der Waals surface area contributed by atoms with Gasteiger partial charge in [0.05, 0.1) is 6.54 Å². The number of hydrogen-bond donors (Lipinski definition) is 1. The van der Waals surface area contributed by atoms with Crippen molar-refractivity contribution < 1.29 is 9.53 Å². The van der Waals surface area contributed by atoms with E-state index in [0.29, 0.717) is 6.54 Å². The van der Waals surface area contributed by atoms with Crippen LogP contribution in [0, 0.1) is 12.3 Å². The zero-order valence-corrected chi connectivity index (χ0v) is 13.0. The first-order valence-corrected chi connectivity index (χ1v) is 8.06. The van der Waals surface area contributed by atoms with E-state index in [2.05, 4.69) is 31.3 Å². The predicted octanol–water partition coefficient (Wildman–Crippen LogP) is 2.30. The van der Waals surface area contributed by atoms with Crippen LogP contribution in [0.4, 0.5) is 0 Å². The van der Waals surface area contributed by atoms with Gasteiger partial charge < -0.3 is 9.64 Å². The quantitative estimate of drug-likeness (QED) is 0.930. The molecule has 1 aromatic rings. The summed E-state index contributed by atoms with van der Waals surface area (Å²) in [7, 11) is 0. The zero-order chi connectivity index (χ0) is 14.2. The molecule has 0 saturated carbocycles. The molecule has 4 nitrogen and oxygen atoms in total. The number of amides is 1. The molecule has 1 N–H and O–H groups in total. The molecule has 0 radical (unpaired) electrons. The Kier molecular flexibility index (Phi) is 3.84. The largest absolute Gasteiger partial charge is 0.381 e. The van der Waals surface area contributed by atoms with Crippen LogP contribution in [0.15, 0.2) is 12.1 Å². The molecule has 0 aromatic carbocycles. The van der Waals surface area contributed by atoms with Gasteiger partial charge in [0.1, 0.15) is 6.17 Å². The van der Waals surface area contributed by atoms with Gasteiger partial charge in [0.15, 0.2) is 0 Å². The first-order chi connectivity index (χ1) is 9.57. The van der Waals surface area contributed by atoms with E-state index < -0.39 is 0 Å². The van der Waals surface area contributed by atoms with E-state index in [1.165, 1.54) is 9.75 Å². The van der Waals surface area contributed by atoms with Crippen molar-refractivity contribution in [3.63, 3.8) is 0 Å². The topological polar surface area (TPSA) is 41.6 Å². The zero-order valence-electron chi connectivity index (χ0n) is 12.1. The Labute approximate surface area is 124 Å². The monoisotopic (exact) mass is 294 g/mol.